The van der Waals surface area contributed by atoms with Gasteiger partial charge in [-0.05, 0) is 36.4 Å². The maximum absolute atomic E-state index is 12.3. The molecule has 0 radical (unpaired) electrons. The van der Waals surface area contributed by atoms with Gasteiger partial charge in [0.1, 0.15) is 5.75 Å². The number of aromatic nitrogens is 4. The molecule has 4 rings (SSSR count). The van der Waals surface area contributed by atoms with E-state index < -0.39 is 0 Å². The molecule has 8 nitrogen and oxygen atoms in total. The highest BCUT2D eigenvalue weighted by Crippen LogP contribution is 2.22. The summed E-state index contributed by atoms with van der Waals surface area (Å²) in [6.45, 7) is 0. The van der Waals surface area contributed by atoms with Crippen LogP contribution in [0.25, 0.3) is 11.4 Å². The van der Waals surface area contributed by atoms with E-state index in [1.165, 1.54) is 12.4 Å². The van der Waals surface area contributed by atoms with Crippen molar-refractivity contribution >= 4 is 23.2 Å². The van der Waals surface area contributed by atoms with E-state index in [-0.39, 0.29) is 12.3 Å². The largest absolute Gasteiger partial charge is 0.437 e. The minimum atomic E-state index is -0.183. The van der Waals surface area contributed by atoms with Crippen molar-refractivity contribution in [2.75, 3.05) is 5.32 Å². The third kappa shape index (κ3) is 5.18. The summed E-state index contributed by atoms with van der Waals surface area (Å²) in [4.78, 5) is 24.6. The fourth-order valence-corrected chi connectivity index (χ4v) is 2.74. The third-order valence-corrected chi connectivity index (χ3v) is 4.27. The van der Waals surface area contributed by atoms with E-state index in [0.29, 0.717) is 40.5 Å². The lowest BCUT2D eigenvalue weighted by atomic mass is 10.2. The van der Waals surface area contributed by atoms with Crippen LogP contribution in [0.2, 0.25) is 5.02 Å². The van der Waals surface area contributed by atoms with Crippen LogP contribution >= 0.6 is 11.6 Å². The molecular weight excluding hydrogens is 406 g/mol. The first-order valence-electron chi connectivity index (χ1n) is 9.08. The molecule has 2 aromatic heterocycles. The number of rotatable bonds is 7. The van der Waals surface area contributed by atoms with E-state index in [1.54, 1.807) is 54.7 Å². The molecule has 2 aromatic carbocycles. The van der Waals surface area contributed by atoms with E-state index in [9.17, 15) is 4.79 Å². The van der Waals surface area contributed by atoms with Gasteiger partial charge in [-0.3, -0.25) is 9.78 Å². The molecule has 0 saturated heterocycles. The molecule has 0 aliphatic heterocycles. The van der Waals surface area contributed by atoms with Crippen molar-refractivity contribution < 1.29 is 14.1 Å². The smallest absolute Gasteiger partial charge is 0.237 e. The number of nitrogens with zero attached hydrogens (tertiary/aromatic N) is 4. The molecule has 0 unspecified atom stereocenters. The maximum atomic E-state index is 12.3. The molecule has 4 aromatic rings. The van der Waals surface area contributed by atoms with Crippen molar-refractivity contribution in [1.29, 1.82) is 0 Å². The van der Waals surface area contributed by atoms with Gasteiger partial charge in [0.05, 0.1) is 6.20 Å². The number of hydrogen-bond donors (Lipinski definition) is 1. The van der Waals surface area contributed by atoms with Crippen LogP contribution in [0.3, 0.4) is 0 Å². The summed E-state index contributed by atoms with van der Waals surface area (Å²) in [6.07, 6.45) is 5.12. The number of amides is 1. The molecule has 0 aliphatic rings. The summed E-state index contributed by atoms with van der Waals surface area (Å²) < 4.78 is 10.8. The Hall–Kier alpha value is -3.78. The highest BCUT2D eigenvalue weighted by atomic mass is 35.5. The molecule has 1 N–H and O–H groups in total. The molecule has 1 amide bonds. The van der Waals surface area contributed by atoms with Gasteiger partial charge in [0, 0.05) is 47.6 Å². The summed E-state index contributed by atoms with van der Waals surface area (Å²) >= 11 is 5.88. The second-order valence-electron chi connectivity index (χ2n) is 6.24. The zero-order valence-electron chi connectivity index (χ0n) is 15.7. The average molecular weight is 422 g/mol. The van der Waals surface area contributed by atoms with Crippen LogP contribution in [0.5, 0.6) is 11.6 Å². The minimum Gasteiger partial charge on any atom is -0.437 e. The Kier molecular flexibility index (Phi) is 5.95. The van der Waals surface area contributed by atoms with Crippen LogP contribution in [0, 0.1) is 0 Å². The lowest BCUT2D eigenvalue weighted by Gasteiger charge is -2.07. The number of anilines is 1. The summed E-state index contributed by atoms with van der Waals surface area (Å²) in [6, 6.07) is 14.1. The van der Waals surface area contributed by atoms with Crippen molar-refractivity contribution in [2.45, 2.75) is 12.8 Å². The quantitative estimate of drug-likeness (QED) is 0.467. The summed E-state index contributed by atoms with van der Waals surface area (Å²) in [5.74, 6) is 1.57. The number of carbonyl (C=O) groups excluding carboxylic acids is 1. The van der Waals surface area contributed by atoms with Crippen LogP contribution in [-0.4, -0.2) is 26.0 Å². The van der Waals surface area contributed by atoms with Crippen LogP contribution in [0.15, 0.2) is 71.6 Å². The Bertz CT molecular complexity index is 1130. The molecule has 9 heteroatoms. The summed E-state index contributed by atoms with van der Waals surface area (Å²) in [5, 5.41) is 7.39. The first-order chi connectivity index (χ1) is 14.7. The van der Waals surface area contributed by atoms with Crippen molar-refractivity contribution in [2.24, 2.45) is 0 Å². The Morgan fingerprint density at radius 2 is 2.00 bits per heavy atom. The minimum absolute atomic E-state index is 0.183. The van der Waals surface area contributed by atoms with Gasteiger partial charge in [0.2, 0.25) is 23.5 Å². The van der Waals surface area contributed by atoms with E-state index in [4.69, 9.17) is 20.9 Å². The highest BCUT2D eigenvalue weighted by Gasteiger charge is 2.11. The van der Waals surface area contributed by atoms with Crippen molar-refractivity contribution in [3.05, 3.63) is 78.0 Å². The molecule has 2 heterocycles. The van der Waals surface area contributed by atoms with Crippen LogP contribution in [-0.2, 0) is 11.2 Å². The number of carbonyl (C=O) groups is 1. The first kappa shape index (κ1) is 19.5. The maximum Gasteiger partial charge on any atom is 0.237 e. The van der Waals surface area contributed by atoms with Gasteiger partial charge in [-0.25, -0.2) is 4.98 Å². The van der Waals surface area contributed by atoms with E-state index in [1.807, 2.05) is 0 Å². The molecule has 0 aliphatic carbocycles. The van der Waals surface area contributed by atoms with Gasteiger partial charge >= 0.3 is 0 Å². The predicted octanol–water partition coefficient (Wildman–Crippen LogP) is 4.54. The summed E-state index contributed by atoms with van der Waals surface area (Å²) in [5.41, 5.74) is 1.40. The third-order valence-electron chi connectivity index (χ3n) is 4.02. The van der Waals surface area contributed by atoms with Crippen molar-refractivity contribution in [3.8, 4) is 23.0 Å². The number of halogens is 1. The second-order valence-corrected chi connectivity index (χ2v) is 6.68. The molecule has 0 saturated carbocycles. The average Bonchev–Trinajstić information content (AvgIpc) is 3.23. The van der Waals surface area contributed by atoms with Gasteiger partial charge in [-0.2, -0.15) is 4.98 Å². The molecule has 0 bridgehead atoms. The molecule has 0 fully saturated rings. The molecule has 150 valence electrons. The monoisotopic (exact) mass is 421 g/mol. The molecule has 0 spiro atoms. The van der Waals surface area contributed by atoms with Gasteiger partial charge < -0.3 is 14.6 Å². The topological polar surface area (TPSA) is 103 Å². The van der Waals surface area contributed by atoms with Crippen LogP contribution in [0.4, 0.5) is 5.69 Å². The molecule has 0 atom stereocenters. The first-order valence-corrected chi connectivity index (χ1v) is 9.46. The number of ether oxygens (including phenoxy) is 1. The second kappa shape index (κ2) is 9.15. The van der Waals surface area contributed by atoms with Crippen LogP contribution in [0.1, 0.15) is 12.3 Å². The van der Waals surface area contributed by atoms with Crippen LogP contribution < -0.4 is 10.1 Å². The zero-order valence-corrected chi connectivity index (χ0v) is 16.4. The van der Waals surface area contributed by atoms with E-state index in [0.717, 1.165) is 5.56 Å². The SMILES string of the molecule is O=C(CCc1nc(-c2ccc(Cl)cc2)no1)Nc1cccc(Oc2cnccn2)c1. The van der Waals surface area contributed by atoms with Gasteiger partial charge in [-0.15, -0.1) is 0 Å². The van der Waals surface area contributed by atoms with Crippen molar-refractivity contribution in [3.63, 3.8) is 0 Å². The lowest BCUT2D eigenvalue weighted by Crippen LogP contribution is -2.12. The fraction of sp³-hybridized carbons (Fsp3) is 0.0952. The predicted molar refractivity (Wildman–Crippen MR) is 110 cm³/mol. The number of aryl methyl sites for hydroxylation is 1. The molecular formula is C21H16ClN5O3. The zero-order chi connectivity index (χ0) is 20.8. The highest BCUT2D eigenvalue weighted by molar-refractivity contribution is 6.30. The Balaban J connectivity index is 1.32. The normalized spacial score (nSPS) is 10.6. The summed E-state index contributed by atoms with van der Waals surface area (Å²) in [7, 11) is 0. The number of hydrogen-bond acceptors (Lipinski definition) is 7. The number of nitrogens with one attached hydrogen (secondary N) is 1. The Morgan fingerprint density at radius 1 is 1.13 bits per heavy atom. The Morgan fingerprint density at radius 3 is 2.80 bits per heavy atom. The Labute approximate surface area is 176 Å². The lowest BCUT2D eigenvalue weighted by molar-refractivity contribution is -0.116. The van der Waals surface area contributed by atoms with Gasteiger partial charge in [0.25, 0.3) is 0 Å². The van der Waals surface area contributed by atoms with E-state index >= 15 is 0 Å². The van der Waals surface area contributed by atoms with Gasteiger partial charge in [0.15, 0.2) is 0 Å². The fourth-order valence-electron chi connectivity index (χ4n) is 2.61. The standard InChI is InChI=1S/C21H16ClN5O3/c22-15-6-4-14(5-7-15)21-26-19(30-27-21)9-8-18(28)25-16-2-1-3-17(12-16)29-20-13-23-10-11-24-20/h1-7,10-13H,8-9H2,(H,25,28). The van der Waals surface area contributed by atoms with Gasteiger partial charge in [-0.1, -0.05) is 22.8 Å². The van der Waals surface area contributed by atoms with E-state index in [2.05, 4.69) is 25.4 Å². The number of benzene rings is 2. The van der Waals surface area contributed by atoms with Crippen molar-refractivity contribution in [1.82, 2.24) is 20.1 Å². The molecule has 30 heavy (non-hydrogen) atoms.